The molecule has 0 aliphatic rings. The van der Waals surface area contributed by atoms with Crippen molar-refractivity contribution >= 4 is 33.5 Å². The van der Waals surface area contributed by atoms with Gasteiger partial charge in [0.1, 0.15) is 11.5 Å². The number of fused-ring (bicyclic) bond motifs is 2. The Morgan fingerprint density at radius 1 is 0.583 bits per heavy atom. The Morgan fingerprint density at radius 3 is 1.42 bits per heavy atom. The van der Waals surface area contributed by atoms with E-state index in [4.69, 9.17) is 18.9 Å². The van der Waals surface area contributed by atoms with Gasteiger partial charge in [0, 0.05) is 11.1 Å². The highest BCUT2D eigenvalue weighted by atomic mass is 16.5. The molecule has 0 spiro atoms. The van der Waals surface area contributed by atoms with Crippen molar-refractivity contribution in [3.05, 3.63) is 72.8 Å². The standard InChI is InChI=1S/C30H30O6/c1-3-33-27(31)17-19-35-25-15-13-21-9-5-7-11-23(21)29(25)30-24-12-8-6-10-22(24)14-16-26(30)36-20-18-28(32)34-4-2/h5-16H,3-4,17-20H2,1-2H3. The molecule has 0 saturated heterocycles. The molecule has 6 nitrogen and oxygen atoms in total. The van der Waals surface area contributed by atoms with Crippen LogP contribution in [0.1, 0.15) is 26.7 Å². The van der Waals surface area contributed by atoms with E-state index in [0.29, 0.717) is 24.7 Å². The zero-order valence-corrected chi connectivity index (χ0v) is 20.6. The van der Waals surface area contributed by atoms with Crippen molar-refractivity contribution in [1.29, 1.82) is 0 Å². The highest BCUT2D eigenvalue weighted by Crippen LogP contribution is 2.45. The molecule has 0 aliphatic carbocycles. The molecule has 0 aromatic heterocycles. The van der Waals surface area contributed by atoms with Crippen molar-refractivity contribution in [3.63, 3.8) is 0 Å². The average Bonchev–Trinajstić information content (AvgIpc) is 2.89. The molecule has 0 atom stereocenters. The van der Waals surface area contributed by atoms with Gasteiger partial charge >= 0.3 is 11.9 Å². The molecule has 36 heavy (non-hydrogen) atoms. The first-order valence-corrected chi connectivity index (χ1v) is 12.2. The highest BCUT2D eigenvalue weighted by Gasteiger charge is 2.19. The number of hydrogen-bond donors (Lipinski definition) is 0. The Labute approximate surface area is 210 Å². The van der Waals surface area contributed by atoms with E-state index in [9.17, 15) is 9.59 Å². The van der Waals surface area contributed by atoms with E-state index < -0.39 is 0 Å². The van der Waals surface area contributed by atoms with Crippen molar-refractivity contribution in [2.45, 2.75) is 26.7 Å². The Kier molecular flexibility index (Phi) is 8.40. The molecule has 0 heterocycles. The summed E-state index contributed by atoms with van der Waals surface area (Å²) in [6.07, 6.45) is 0.303. The Hall–Kier alpha value is -4.06. The van der Waals surface area contributed by atoms with Crippen LogP contribution in [0.2, 0.25) is 0 Å². The third-order valence-corrected chi connectivity index (χ3v) is 5.77. The maximum Gasteiger partial charge on any atom is 0.309 e. The zero-order chi connectivity index (χ0) is 25.3. The lowest BCUT2D eigenvalue weighted by molar-refractivity contribution is -0.144. The summed E-state index contributed by atoms with van der Waals surface area (Å²) in [6.45, 7) is 4.61. The van der Waals surface area contributed by atoms with Crippen molar-refractivity contribution in [2.75, 3.05) is 26.4 Å². The summed E-state index contributed by atoms with van der Waals surface area (Å²) in [6, 6.07) is 24.0. The fourth-order valence-electron chi connectivity index (χ4n) is 4.21. The Balaban J connectivity index is 1.80. The van der Waals surface area contributed by atoms with Crippen LogP contribution in [0.3, 0.4) is 0 Å². The summed E-state index contributed by atoms with van der Waals surface area (Å²) >= 11 is 0. The summed E-state index contributed by atoms with van der Waals surface area (Å²) in [5.74, 6) is 0.690. The Morgan fingerprint density at radius 2 is 1.00 bits per heavy atom. The molecular weight excluding hydrogens is 456 g/mol. The van der Waals surface area contributed by atoms with E-state index in [-0.39, 0.29) is 38.0 Å². The van der Waals surface area contributed by atoms with Gasteiger partial charge in [-0.3, -0.25) is 9.59 Å². The molecule has 0 amide bonds. The van der Waals surface area contributed by atoms with Crippen LogP contribution in [0, 0.1) is 0 Å². The van der Waals surface area contributed by atoms with E-state index in [1.165, 1.54) is 0 Å². The van der Waals surface area contributed by atoms with Gasteiger partial charge in [-0.15, -0.1) is 0 Å². The summed E-state index contributed by atoms with van der Waals surface area (Å²) in [4.78, 5) is 23.8. The predicted octanol–water partition coefficient (Wildman–Crippen LogP) is 6.32. The molecule has 0 saturated carbocycles. The molecule has 0 aliphatic heterocycles. The van der Waals surface area contributed by atoms with Crippen molar-refractivity contribution < 1.29 is 28.5 Å². The molecule has 6 heteroatoms. The van der Waals surface area contributed by atoms with Crippen molar-refractivity contribution in [3.8, 4) is 22.6 Å². The summed E-state index contributed by atoms with van der Waals surface area (Å²) in [5.41, 5.74) is 1.75. The number of esters is 2. The topological polar surface area (TPSA) is 71.1 Å². The van der Waals surface area contributed by atoms with Crippen LogP contribution in [0.4, 0.5) is 0 Å². The van der Waals surface area contributed by atoms with Crippen molar-refractivity contribution in [1.82, 2.24) is 0 Å². The first kappa shape index (κ1) is 25.0. The van der Waals surface area contributed by atoms with Gasteiger partial charge in [0.25, 0.3) is 0 Å². The second kappa shape index (κ2) is 12.1. The van der Waals surface area contributed by atoms with Gasteiger partial charge in [-0.1, -0.05) is 60.7 Å². The van der Waals surface area contributed by atoms with E-state index in [1.54, 1.807) is 13.8 Å². The van der Waals surface area contributed by atoms with Gasteiger partial charge in [-0.25, -0.2) is 0 Å². The van der Waals surface area contributed by atoms with Crippen LogP contribution in [-0.4, -0.2) is 38.4 Å². The normalized spacial score (nSPS) is 10.8. The van der Waals surface area contributed by atoms with Gasteiger partial charge in [0.15, 0.2) is 0 Å². The fraction of sp³-hybridized carbons (Fsp3) is 0.267. The number of rotatable bonds is 11. The van der Waals surface area contributed by atoms with Crippen molar-refractivity contribution in [2.24, 2.45) is 0 Å². The maximum atomic E-state index is 11.9. The molecular formula is C30H30O6. The second-order valence-electron chi connectivity index (χ2n) is 8.13. The van der Waals surface area contributed by atoms with Gasteiger partial charge in [0.05, 0.1) is 39.3 Å². The van der Waals surface area contributed by atoms with Gasteiger partial charge in [-0.2, -0.15) is 0 Å². The summed E-state index contributed by atoms with van der Waals surface area (Å²) in [7, 11) is 0. The lowest BCUT2D eigenvalue weighted by atomic mass is 9.92. The lowest BCUT2D eigenvalue weighted by Gasteiger charge is -2.19. The fourth-order valence-corrected chi connectivity index (χ4v) is 4.21. The SMILES string of the molecule is CCOC(=O)CCOc1ccc2ccccc2c1-c1c(OCCC(=O)OCC)ccc2ccccc12. The van der Waals surface area contributed by atoms with Crippen LogP contribution < -0.4 is 9.47 Å². The smallest absolute Gasteiger partial charge is 0.309 e. The van der Waals surface area contributed by atoms with E-state index >= 15 is 0 Å². The molecule has 0 fully saturated rings. The quantitative estimate of drug-likeness (QED) is 0.231. The monoisotopic (exact) mass is 486 g/mol. The van der Waals surface area contributed by atoms with Crippen LogP contribution >= 0.6 is 0 Å². The zero-order valence-electron chi connectivity index (χ0n) is 20.6. The first-order chi connectivity index (χ1) is 17.6. The number of hydrogen-bond acceptors (Lipinski definition) is 6. The average molecular weight is 487 g/mol. The van der Waals surface area contributed by atoms with Crippen LogP contribution in [0.25, 0.3) is 32.7 Å². The van der Waals surface area contributed by atoms with Crippen LogP contribution in [-0.2, 0) is 19.1 Å². The summed E-state index contributed by atoms with van der Waals surface area (Å²) in [5, 5.41) is 4.10. The molecule has 0 N–H and O–H groups in total. The third kappa shape index (κ3) is 5.77. The molecule has 4 aromatic carbocycles. The maximum absolute atomic E-state index is 11.9. The highest BCUT2D eigenvalue weighted by molar-refractivity contribution is 6.09. The Bertz CT molecular complexity index is 1260. The van der Waals surface area contributed by atoms with Gasteiger partial charge in [0.2, 0.25) is 0 Å². The third-order valence-electron chi connectivity index (χ3n) is 5.77. The van der Waals surface area contributed by atoms with E-state index in [0.717, 1.165) is 32.7 Å². The minimum Gasteiger partial charge on any atom is -0.492 e. The summed E-state index contributed by atoms with van der Waals surface area (Å²) < 4.78 is 22.4. The lowest BCUT2D eigenvalue weighted by Crippen LogP contribution is -2.11. The molecule has 0 bridgehead atoms. The minimum absolute atomic E-state index is 0.151. The predicted molar refractivity (Wildman–Crippen MR) is 140 cm³/mol. The minimum atomic E-state index is -0.298. The molecule has 4 rings (SSSR count). The molecule has 4 aromatic rings. The molecule has 0 unspecified atom stereocenters. The van der Waals surface area contributed by atoms with Gasteiger partial charge in [-0.05, 0) is 47.5 Å². The van der Waals surface area contributed by atoms with E-state index in [1.807, 2.05) is 72.8 Å². The number of carbonyl (C=O) groups excluding carboxylic acids is 2. The number of benzene rings is 4. The molecule has 0 radical (unpaired) electrons. The largest absolute Gasteiger partial charge is 0.492 e. The van der Waals surface area contributed by atoms with E-state index in [2.05, 4.69) is 0 Å². The van der Waals surface area contributed by atoms with Crippen LogP contribution in [0.5, 0.6) is 11.5 Å². The molecule has 186 valence electrons. The van der Waals surface area contributed by atoms with Crippen LogP contribution in [0.15, 0.2) is 72.8 Å². The second-order valence-corrected chi connectivity index (χ2v) is 8.13. The van der Waals surface area contributed by atoms with Gasteiger partial charge < -0.3 is 18.9 Å². The number of ether oxygens (including phenoxy) is 4. The number of carbonyl (C=O) groups is 2. The first-order valence-electron chi connectivity index (χ1n) is 12.2.